The third kappa shape index (κ3) is 10.1. The molecule has 0 heterocycles. The van der Waals surface area contributed by atoms with Crippen molar-refractivity contribution in [3.63, 3.8) is 0 Å². The number of benzene rings is 2. The molecule has 0 amide bonds. The second-order valence-electron chi connectivity index (χ2n) is 5.15. The van der Waals surface area contributed by atoms with E-state index >= 15 is 0 Å². The summed E-state index contributed by atoms with van der Waals surface area (Å²) in [6, 6.07) is 16.5. The highest BCUT2D eigenvalue weighted by Crippen LogP contribution is 2.18. The van der Waals surface area contributed by atoms with E-state index in [1.54, 1.807) is 7.11 Å². The largest absolute Gasteiger partial charge is 0.494 e. The van der Waals surface area contributed by atoms with Crippen molar-refractivity contribution in [3.05, 3.63) is 59.7 Å². The third-order valence-corrected chi connectivity index (χ3v) is 3.28. The lowest BCUT2D eigenvalue weighted by Crippen LogP contribution is -2.04. The number of hydrogen-bond donors (Lipinski definition) is 0. The van der Waals surface area contributed by atoms with Crippen molar-refractivity contribution in [2.75, 3.05) is 26.9 Å². The van der Waals surface area contributed by atoms with Crippen LogP contribution in [-0.2, 0) is 11.2 Å². The van der Waals surface area contributed by atoms with Crippen molar-refractivity contribution >= 4 is 0 Å². The molecule has 0 atom stereocenters. The first-order chi connectivity index (χ1) is 12.8. The number of hydrogen-bond acceptors (Lipinski definition) is 3. The molecule has 2 rings (SSSR count). The van der Waals surface area contributed by atoms with E-state index < -0.39 is 0 Å². The molecule has 3 heteroatoms. The Labute approximate surface area is 160 Å². The smallest absolute Gasteiger partial charge is 0.119 e. The van der Waals surface area contributed by atoms with Gasteiger partial charge in [0.25, 0.3) is 0 Å². The molecule has 0 saturated heterocycles. The van der Waals surface area contributed by atoms with Crippen LogP contribution in [0.1, 0.15) is 52.2 Å². The Hall–Kier alpha value is -2.00. The van der Waals surface area contributed by atoms with Crippen LogP contribution in [0.4, 0.5) is 0 Å². The summed E-state index contributed by atoms with van der Waals surface area (Å²) in [5.74, 6) is 1.82. The molecular formula is C23H36O3. The molecule has 0 bridgehead atoms. The van der Waals surface area contributed by atoms with Gasteiger partial charge in [-0.05, 0) is 48.2 Å². The van der Waals surface area contributed by atoms with Crippen LogP contribution in [0.15, 0.2) is 48.5 Å². The molecule has 26 heavy (non-hydrogen) atoms. The molecule has 0 aliphatic rings. The lowest BCUT2D eigenvalue weighted by Gasteiger charge is -2.08. The van der Waals surface area contributed by atoms with E-state index in [2.05, 4.69) is 31.2 Å². The predicted octanol–water partition coefficient (Wildman–Crippen LogP) is 6.14. The molecule has 0 saturated carbocycles. The molecule has 0 aromatic heterocycles. The molecule has 0 spiro atoms. The zero-order valence-electron chi connectivity index (χ0n) is 17.4. The van der Waals surface area contributed by atoms with Crippen LogP contribution >= 0.6 is 0 Å². The molecule has 0 radical (unpaired) electrons. The molecule has 0 unspecified atom stereocenters. The van der Waals surface area contributed by atoms with Gasteiger partial charge < -0.3 is 14.2 Å². The highest BCUT2D eigenvalue weighted by molar-refractivity contribution is 5.34. The standard InChI is InChI=1S/C19H24O3.2C2H6/c1-3-12-21-18-8-4-16(5-9-18)15-17-6-10-19(11-7-17)22-14-13-20-2;2*1-2/h4-11H,3,12-15H2,1-2H3;2*1-2H3. The minimum atomic E-state index is 0.578. The van der Waals surface area contributed by atoms with Gasteiger partial charge in [0.1, 0.15) is 18.1 Å². The molecule has 0 fully saturated rings. The summed E-state index contributed by atoms with van der Waals surface area (Å²) < 4.78 is 16.1. The van der Waals surface area contributed by atoms with Gasteiger partial charge in [-0.3, -0.25) is 0 Å². The van der Waals surface area contributed by atoms with Gasteiger partial charge in [0, 0.05) is 7.11 Å². The highest BCUT2D eigenvalue weighted by Gasteiger charge is 1.99. The summed E-state index contributed by atoms with van der Waals surface area (Å²) in [5, 5.41) is 0. The molecule has 0 aliphatic carbocycles. The van der Waals surface area contributed by atoms with Crippen molar-refractivity contribution in [3.8, 4) is 11.5 Å². The van der Waals surface area contributed by atoms with Gasteiger partial charge in [-0.1, -0.05) is 58.9 Å². The predicted molar refractivity (Wildman–Crippen MR) is 112 cm³/mol. The van der Waals surface area contributed by atoms with E-state index in [4.69, 9.17) is 14.2 Å². The van der Waals surface area contributed by atoms with Crippen LogP contribution in [0.2, 0.25) is 0 Å². The molecule has 3 nitrogen and oxygen atoms in total. The number of methoxy groups -OCH3 is 1. The van der Waals surface area contributed by atoms with Gasteiger partial charge >= 0.3 is 0 Å². The normalized spacial score (nSPS) is 9.31. The Morgan fingerprint density at radius 1 is 0.615 bits per heavy atom. The SMILES string of the molecule is CC.CC.CCCOc1ccc(Cc2ccc(OCCOC)cc2)cc1. The van der Waals surface area contributed by atoms with Crippen molar-refractivity contribution in [1.29, 1.82) is 0 Å². The Kier molecular flexibility index (Phi) is 15.2. The van der Waals surface area contributed by atoms with Gasteiger partial charge in [0.15, 0.2) is 0 Å². The van der Waals surface area contributed by atoms with Crippen molar-refractivity contribution in [1.82, 2.24) is 0 Å². The van der Waals surface area contributed by atoms with Crippen LogP contribution in [0.25, 0.3) is 0 Å². The lowest BCUT2D eigenvalue weighted by molar-refractivity contribution is 0.146. The fraction of sp³-hybridized carbons (Fsp3) is 0.478. The average molecular weight is 361 g/mol. The fourth-order valence-electron chi connectivity index (χ4n) is 2.11. The van der Waals surface area contributed by atoms with E-state index in [0.29, 0.717) is 13.2 Å². The minimum Gasteiger partial charge on any atom is -0.494 e. The Morgan fingerprint density at radius 3 is 1.42 bits per heavy atom. The molecule has 2 aromatic carbocycles. The van der Waals surface area contributed by atoms with Crippen LogP contribution in [-0.4, -0.2) is 26.9 Å². The third-order valence-electron chi connectivity index (χ3n) is 3.28. The zero-order valence-corrected chi connectivity index (χ0v) is 17.4. The van der Waals surface area contributed by atoms with Gasteiger partial charge in [-0.25, -0.2) is 0 Å². The minimum absolute atomic E-state index is 0.578. The molecule has 0 N–H and O–H groups in total. The van der Waals surface area contributed by atoms with E-state index in [1.165, 1.54) is 11.1 Å². The maximum atomic E-state index is 5.60. The molecule has 2 aromatic rings. The number of rotatable bonds is 9. The summed E-state index contributed by atoms with van der Waals surface area (Å²) in [4.78, 5) is 0. The van der Waals surface area contributed by atoms with Gasteiger partial charge in [-0.2, -0.15) is 0 Å². The zero-order chi connectivity index (χ0) is 19.6. The topological polar surface area (TPSA) is 27.7 Å². The van der Waals surface area contributed by atoms with E-state index in [1.807, 2.05) is 52.0 Å². The molecule has 146 valence electrons. The maximum Gasteiger partial charge on any atom is 0.119 e. The highest BCUT2D eigenvalue weighted by atomic mass is 16.5. The van der Waals surface area contributed by atoms with Crippen LogP contribution in [0.5, 0.6) is 11.5 Å². The van der Waals surface area contributed by atoms with Gasteiger partial charge in [0.05, 0.1) is 13.2 Å². The fourth-order valence-corrected chi connectivity index (χ4v) is 2.11. The Bertz CT molecular complexity index is 532. The summed E-state index contributed by atoms with van der Waals surface area (Å²) in [7, 11) is 1.67. The lowest BCUT2D eigenvalue weighted by atomic mass is 10.0. The summed E-state index contributed by atoms with van der Waals surface area (Å²) in [5.41, 5.74) is 2.54. The maximum absolute atomic E-state index is 5.60. The first-order valence-corrected chi connectivity index (χ1v) is 9.74. The van der Waals surface area contributed by atoms with E-state index in [9.17, 15) is 0 Å². The van der Waals surface area contributed by atoms with Crippen LogP contribution in [0, 0.1) is 0 Å². The quantitative estimate of drug-likeness (QED) is 0.502. The van der Waals surface area contributed by atoms with Crippen LogP contribution in [0.3, 0.4) is 0 Å². The average Bonchev–Trinajstić information content (AvgIpc) is 2.72. The van der Waals surface area contributed by atoms with Crippen LogP contribution < -0.4 is 9.47 Å². The van der Waals surface area contributed by atoms with Gasteiger partial charge in [-0.15, -0.1) is 0 Å². The molecule has 0 aliphatic heterocycles. The molecular weight excluding hydrogens is 324 g/mol. The monoisotopic (exact) mass is 360 g/mol. The van der Waals surface area contributed by atoms with E-state index in [0.717, 1.165) is 30.9 Å². The summed E-state index contributed by atoms with van der Waals surface area (Å²) in [6.45, 7) is 12.1. The second kappa shape index (κ2) is 16.5. The first kappa shape index (κ1) is 24.0. The second-order valence-corrected chi connectivity index (χ2v) is 5.15. The summed E-state index contributed by atoms with van der Waals surface area (Å²) >= 11 is 0. The number of ether oxygens (including phenoxy) is 3. The Balaban J connectivity index is 0.00000146. The van der Waals surface area contributed by atoms with Crippen molar-refractivity contribution < 1.29 is 14.2 Å². The Morgan fingerprint density at radius 2 is 1.04 bits per heavy atom. The summed E-state index contributed by atoms with van der Waals surface area (Å²) in [6.07, 6.45) is 1.94. The van der Waals surface area contributed by atoms with Crippen molar-refractivity contribution in [2.45, 2.75) is 47.5 Å². The van der Waals surface area contributed by atoms with Gasteiger partial charge in [0.2, 0.25) is 0 Å². The first-order valence-electron chi connectivity index (χ1n) is 9.74. The van der Waals surface area contributed by atoms with Crippen molar-refractivity contribution in [2.24, 2.45) is 0 Å². The van der Waals surface area contributed by atoms with E-state index in [-0.39, 0.29) is 0 Å².